The molecule has 0 radical (unpaired) electrons. The molecule has 0 amide bonds. The standard InChI is InChI=1S/C22H33FO3S/c1-7-8-13-27(5,6)26-18-14-19(16-9-11-17(23)12-10-16)20(21(24)25-4)22(2,3)15-18/h9-12,14,18,20H,7-8,13,15H2,1-6H3. The van der Waals surface area contributed by atoms with Crippen molar-refractivity contribution in [3.05, 3.63) is 41.7 Å². The predicted octanol–water partition coefficient (Wildman–Crippen LogP) is 5.59. The highest BCUT2D eigenvalue weighted by Gasteiger charge is 2.44. The van der Waals surface area contributed by atoms with Gasteiger partial charge < -0.3 is 8.92 Å². The average Bonchev–Trinajstić information content (AvgIpc) is 2.58. The van der Waals surface area contributed by atoms with E-state index in [9.17, 15) is 9.18 Å². The van der Waals surface area contributed by atoms with Gasteiger partial charge in [0.05, 0.1) is 19.1 Å². The van der Waals surface area contributed by atoms with Crippen molar-refractivity contribution in [2.75, 3.05) is 25.4 Å². The summed E-state index contributed by atoms with van der Waals surface area (Å²) in [7, 11) is 0.248. The highest BCUT2D eigenvalue weighted by molar-refractivity contribution is 8.28. The Labute approximate surface area is 164 Å². The van der Waals surface area contributed by atoms with Crippen LogP contribution in [0.2, 0.25) is 0 Å². The summed E-state index contributed by atoms with van der Waals surface area (Å²) >= 11 is 0. The number of esters is 1. The predicted molar refractivity (Wildman–Crippen MR) is 112 cm³/mol. The first-order valence-corrected chi connectivity index (χ1v) is 12.1. The van der Waals surface area contributed by atoms with Crippen molar-refractivity contribution in [3.63, 3.8) is 0 Å². The van der Waals surface area contributed by atoms with Crippen molar-refractivity contribution in [2.45, 2.75) is 46.1 Å². The van der Waals surface area contributed by atoms with Gasteiger partial charge in [0.2, 0.25) is 0 Å². The average molecular weight is 397 g/mol. The molecule has 0 heterocycles. The number of carbonyl (C=O) groups excluding carboxylic acids is 1. The first kappa shape index (κ1) is 22.0. The van der Waals surface area contributed by atoms with Gasteiger partial charge >= 0.3 is 5.97 Å². The summed E-state index contributed by atoms with van der Waals surface area (Å²) in [5, 5.41) is 0. The van der Waals surface area contributed by atoms with Gasteiger partial charge in [-0.15, -0.1) is 10.3 Å². The minimum Gasteiger partial charge on any atom is -0.469 e. The number of hydrogen-bond acceptors (Lipinski definition) is 3. The molecule has 3 nitrogen and oxygen atoms in total. The third-order valence-electron chi connectivity index (χ3n) is 5.17. The number of unbranched alkanes of at least 4 members (excludes halogenated alkanes) is 1. The summed E-state index contributed by atoms with van der Waals surface area (Å²) in [6.45, 7) is 6.35. The van der Waals surface area contributed by atoms with Gasteiger partial charge in [-0.1, -0.05) is 39.3 Å². The molecule has 2 unspecified atom stereocenters. The Bertz CT molecular complexity index is 679. The zero-order valence-electron chi connectivity index (χ0n) is 17.4. The van der Waals surface area contributed by atoms with Crippen molar-refractivity contribution < 1.29 is 18.1 Å². The summed E-state index contributed by atoms with van der Waals surface area (Å²) in [5.41, 5.74) is 1.39. The van der Waals surface area contributed by atoms with Crippen molar-refractivity contribution in [1.29, 1.82) is 0 Å². The Morgan fingerprint density at radius 3 is 2.44 bits per heavy atom. The van der Waals surface area contributed by atoms with Crippen molar-refractivity contribution in [1.82, 2.24) is 0 Å². The van der Waals surface area contributed by atoms with E-state index in [4.69, 9.17) is 8.92 Å². The van der Waals surface area contributed by atoms with Gasteiger partial charge in [-0.25, -0.2) is 4.39 Å². The molecule has 0 saturated carbocycles. The molecule has 2 atom stereocenters. The summed E-state index contributed by atoms with van der Waals surface area (Å²) in [6.07, 6.45) is 9.44. The number of methoxy groups -OCH3 is 1. The van der Waals surface area contributed by atoms with E-state index in [2.05, 4.69) is 39.4 Å². The number of halogens is 1. The molecule has 152 valence electrons. The van der Waals surface area contributed by atoms with E-state index in [1.807, 2.05) is 0 Å². The first-order valence-electron chi connectivity index (χ1n) is 9.54. The van der Waals surface area contributed by atoms with Gasteiger partial charge in [-0.05, 0) is 65.9 Å². The fraction of sp³-hybridized carbons (Fsp3) is 0.591. The van der Waals surface area contributed by atoms with E-state index in [1.165, 1.54) is 19.2 Å². The van der Waals surface area contributed by atoms with Crippen LogP contribution in [-0.2, 0) is 13.7 Å². The summed E-state index contributed by atoms with van der Waals surface area (Å²) in [5.74, 6) is 0.121. The lowest BCUT2D eigenvalue weighted by Crippen LogP contribution is -2.40. The zero-order chi connectivity index (χ0) is 20.2. The Morgan fingerprint density at radius 2 is 1.89 bits per heavy atom. The molecule has 1 aliphatic rings. The first-order chi connectivity index (χ1) is 12.6. The molecule has 2 rings (SSSR count). The molecule has 1 aromatic rings. The van der Waals surface area contributed by atoms with Crippen molar-refractivity contribution >= 4 is 21.9 Å². The van der Waals surface area contributed by atoms with E-state index < -0.39 is 16.2 Å². The molecule has 0 N–H and O–H groups in total. The van der Waals surface area contributed by atoms with Gasteiger partial charge in [0.1, 0.15) is 5.82 Å². The fourth-order valence-electron chi connectivity index (χ4n) is 3.82. The molecule has 0 aliphatic heterocycles. The Morgan fingerprint density at radius 1 is 1.26 bits per heavy atom. The van der Waals surface area contributed by atoms with Crippen LogP contribution in [0.3, 0.4) is 0 Å². The second-order valence-corrected chi connectivity index (χ2v) is 11.9. The third-order valence-corrected chi connectivity index (χ3v) is 7.21. The van der Waals surface area contributed by atoms with Crippen LogP contribution in [0.5, 0.6) is 0 Å². The lowest BCUT2D eigenvalue weighted by Gasteiger charge is -2.44. The normalized spacial score (nSPS) is 22.9. The monoisotopic (exact) mass is 396 g/mol. The molecule has 0 aromatic heterocycles. The van der Waals surface area contributed by atoms with E-state index in [-0.39, 0.29) is 23.3 Å². The quantitative estimate of drug-likeness (QED) is 0.563. The largest absolute Gasteiger partial charge is 0.469 e. The number of hydrogen-bond donors (Lipinski definition) is 0. The molecular weight excluding hydrogens is 363 g/mol. The van der Waals surface area contributed by atoms with Crippen LogP contribution in [0, 0.1) is 17.2 Å². The van der Waals surface area contributed by atoms with Crippen LogP contribution in [0.25, 0.3) is 5.57 Å². The molecular formula is C22H33FO3S. The van der Waals surface area contributed by atoms with Gasteiger partial charge in [0, 0.05) is 0 Å². The highest BCUT2D eigenvalue weighted by atomic mass is 32.3. The molecule has 5 heteroatoms. The number of carbonyl (C=O) groups is 1. The summed E-state index contributed by atoms with van der Waals surface area (Å²) < 4.78 is 25.0. The third kappa shape index (κ3) is 5.58. The van der Waals surface area contributed by atoms with Crippen molar-refractivity contribution in [3.8, 4) is 0 Å². The van der Waals surface area contributed by atoms with Gasteiger partial charge in [-0.3, -0.25) is 4.79 Å². The van der Waals surface area contributed by atoms with Gasteiger partial charge in [0.15, 0.2) is 0 Å². The summed E-state index contributed by atoms with van der Waals surface area (Å²) in [6, 6.07) is 6.31. The Balaban J connectivity index is 2.42. The van der Waals surface area contributed by atoms with E-state index in [0.29, 0.717) is 0 Å². The molecule has 1 aromatic carbocycles. The molecule has 27 heavy (non-hydrogen) atoms. The smallest absolute Gasteiger partial charge is 0.313 e. The Hall–Kier alpha value is -1.33. The Kier molecular flexibility index (Phi) is 7.14. The number of ether oxygens (including phenoxy) is 1. The minimum absolute atomic E-state index is 0.0668. The van der Waals surface area contributed by atoms with Crippen LogP contribution in [0.4, 0.5) is 4.39 Å². The van der Waals surface area contributed by atoms with Crippen LogP contribution in [0.1, 0.15) is 45.6 Å². The summed E-state index contributed by atoms with van der Waals surface area (Å²) in [4.78, 5) is 12.6. The maximum atomic E-state index is 13.4. The molecule has 0 saturated heterocycles. The highest BCUT2D eigenvalue weighted by Crippen LogP contribution is 2.51. The molecule has 1 aliphatic carbocycles. The van der Waals surface area contributed by atoms with Gasteiger partial charge in [-0.2, -0.15) is 0 Å². The van der Waals surface area contributed by atoms with E-state index >= 15 is 0 Å². The maximum Gasteiger partial charge on any atom is 0.313 e. The van der Waals surface area contributed by atoms with Crippen LogP contribution >= 0.6 is 10.3 Å². The molecule has 0 bridgehead atoms. The second kappa shape index (κ2) is 8.78. The fourth-order valence-corrected chi connectivity index (χ4v) is 5.69. The van der Waals surface area contributed by atoms with Crippen LogP contribution in [-0.4, -0.2) is 37.4 Å². The van der Waals surface area contributed by atoms with Crippen LogP contribution in [0.15, 0.2) is 30.3 Å². The van der Waals surface area contributed by atoms with Crippen LogP contribution < -0.4 is 0 Å². The lowest BCUT2D eigenvalue weighted by molar-refractivity contribution is -0.147. The molecule has 0 fully saturated rings. The van der Waals surface area contributed by atoms with Gasteiger partial charge in [0.25, 0.3) is 0 Å². The zero-order valence-corrected chi connectivity index (χ0v) is 18.2. The topological polar surface area (TPSA) is 35.5 Å². The maximum absolute atomic E-state index is 13.4. The molecule has 0 spiro atoms. The van der Waals surface area contributed by atoms with Crippen molar-refractivity contribution in [2.24, 2.45) is 11.3 Å². The van der Waals surface area contributed by atoms with E-state index in [0.717, 1.165) is 36.2 Å². The minimum atomic E-state index is -1.17. The number of benzene rings is 1. The van der Waals surface area contributed by atoms with E-state index in [1.54, 1.807) is 12.1 Å². The second-order valence-electron chi connectivity index (χ2n) is 8.41. The number of rotatable bonds is 7. The SMILES string of the molecule is CCCCS(C)(C)OC1C=C(c2ccc(F)cc2)C(C(=O)OC)C(C)(C)C1. The lowest BCUT2D eigenvalue weighted by atomic mass is 9.66.